The van der Waals surface area contributed by atoms with Gasteiger partial charge in [-0.3, -0.25) is 19.2 Å². The Balaban J connectivity index is 3.01. The topological polar surface area (TPSA) is 126 Å². The second-order valence-electron chi connectivity index (χ2n) is 7.86. The van der Waals surface area contributed by atoms with Gasteiger partial charge in [0.15, 0.2) is 18.5 Å². The van der Waals surface area contributed by atoms with Gasteiger partial charge in [0, 0.05) is 34.3 Å². The van der Waals surface area contributed by atoms with E-state index in [1.165, 1.54) is 34.1 Å². The van der Waals surface area contributed by atoms with E-state index in [2.05, 4.69) is 12.2 Å². The maximum absolute atomic E-state index is 11.9. The zero-order valence-corrected chi connectivity index (χ0v) is 19.7. The standard InChI is InChI=1S/C22H37NO9/c1-6-7-8-9-10-11-12-28-22-19(23-14(2)24)21(31-17(5)27)20(30-16(4)26)18(32-22)13-29-15(3)25/h18-22H,6-13H2,1-5H3,(H,23,24)/t18-,19-,20+,21+,22-/m1/s1. The number of rotatable bonds is 13. The SMILES string of the molecule is CCCCCCCCO[C@@H]1O[C@H](COC(C)=O)[C@H](OC(C)=O)[C@@H](OC(C)=O)[C@H]1NC(C)=O. The lowest BCUT2D eigenvalue weighted by Crippen LogP contribution is -2.66. The van der Waals surface area contributed by atoms with E-state index in [-0.39, 0.29) is 6.61 Å². The van der Waals surface area contributed by atoms with Crippen LogP contribution in [0.5, 0.6) is 0 Å². The minimum atomic E-state index is -1.11. The molecule has 5 atom stereocenters. The van der Waals surface area contributed by atoms with Gasteiger partial charge in [-0.05, 0) is 6.42 Å². The molecule has 0 bridgehead atoms. The van der Waals surface area contributed by atoms with Crippen molar-refractivity contribution in [2.45, 2.75) is 104 Å². The van der Waals surface area contributed by atoms with E-state index in [9.17, 15) is 19.2 Å². The van der Waals surface area contributed by atoms with E-state index in [4.69, 9.17) is 23.7 Å². The molecule has 0 saturated carbocycles. The molecule has 0 aromatic carbocycles. The van der Waals surface area contributed by atoms with Crippen LogP contribution >= 0.6 is 0 Å². The Labute approximate surface area is 189 Å². The highest BCUT2D eigenvalue weighted by atomic mass is 16.7. The number of hydrogen-bond acceptors (Lipinski definition) is 9. The number of hydrogen-bond donors (Lipinski definition) is 1. The molecule has 0 aromatic heterocycles. The number of carbonyl (C=O) groups is 4. The van der Waals surface area contributed by atoms with E-state index in [0.717, 1.165) is 32.1 Å². The first-order chi connectivity index (χ1) is 15.1. The molecule has 184 valence electrons. The summed E-state index contributed by atoms with van der Waals surface area (Å²) >= 11 is 0. The van der Waals surface area contributed by atoms with Gasteiger partial charge in [-0.15, -0.1) is 0 Å². The van der Waals surface area contributed by atoms with Crippen molar-refractivity contribution >= 4 is 23.8 Å². The Kier molecular flexibility index (Phi) is 12.9. The lowest BCUT2D eigenvalue weighted by Gasteiger charge is -2.44. The van der Waals surface area contributed by atoms with Gasteiger partial charge < -0.3 is 29.0 Å². The molecule has 1 saturated heterocycles. The van der Waals surface area contributed by atoms with Gasteiger partial charge in [-0.2, -0.15) is 0 Å². The van der Waals surface area contributed by atoms with Gasteiger partial charge in [-0.1, -0.05) is 39.0 Å². The van der Waals surface area contributed by atoms with Crippen molar-refractivity contribution in [3.8, 4) is 0 Å². The minimum Gasteiger partial charge on any atom is -0.463 e. The van der Waals surface area contributed by atoms with Crippen LogP contribution in [-0.2, 0) is 42.9 Å². The van der Waals surface area contributed by atoms with E-state index in [1.807, 2.05) is 0 Å². The molecular formula is C22H37NO9. The van der Waals surface area contributed by atoms with Crippen molar-refractivity contribution in [2.75, 3.05) is 13.2 Å². The van der Waals surface area contributed by atoms with Crippen molar-refractivity contribution in [1.29, 1.82) is 0 Å². The molecular weight excluding hydrogens is 422 g/mol. The quantitative estimate of drug-likeness (QED) is 0.250. The van der Waals surface area contributed by atoms with Crippen molar-refractivity contribution in [3.05, 3.63) is 0 Å². The summed E-state index contributed by atoms with van der Waals surface area (Å²) in [5, 5.41) is 2.68. The first-order valence-corrected chi connectivity index (χ1v) is 11.2. The summed E-state index contributed by atoms with van der Waals surface area (Å²) in [6.07, 6.45) is 2.23. The molecule has 10 nitrogen and oxygen atoms in total. The number of amides is 1. The Hall–Kier alpha value is -2.20. The van der Waals surface area contributed by atoms with Crippen LogP contribution in [0.3, 0.4) is 0 Å². The molecule has 0 aliphatic carbocycles. The van der Waals surface area contributed by atoms with Crippen molar-refractivity contribution in [1.82, 2.24) is 5.32 Å². The number of nitrogens with one attached hydrogen (secondary N) is 1. The number of carbonyl (C=O) groups excluding carboxylic acids is 4. The van der Waals surface area contributed by atoms with Gasteiger partial charge in [0.2, 0.25) is 5.91 Å². The molecule has 0 radical (unpaired) electrons. The maximum atomic E-state index is 11.9. The van der Waals surface area contributed by atoms with Crippen LogP contribution < -0.4 is 5.32 Å². The highest BCUT2D eigenvalue weighted by Crippen LogP contribution is 2.28. The highest BCUT2D eigenvalue weighted by Gasteiger charge is 2.51. The van der Waals surface area contributed by atoms with Crippen LogP contribution in [0.25, 0.3) is 0 Å². The molecule has 1 aliphatic heterocycles. The van der Waals surface area contributed by atoms with Crippen LogP contribution in [-0.4, -0.2) is 67.7 Å². The molecule has 1 aliphatic rings. The van der Waals surface area contributed by atoms with Crippen LogP contribution in [0, 0.1) is 0 Å². The van der Waals surface area contributed by atoms with Crippen molar-refractivity contribution in [2.24, 2.45) is 0 Å². The predicted octanol–water partition coefficient (Wildman–Crippen LogP) is 2.02. The fraction of sp³-hybridized carbons (Fsp3) is 0.818. The lowest BCUT2D eigenvalue weighted by atomic mass is 9.96. The summed E-state index contributed by atoms with van der Waals surface area (Å²) in [6, 6.07) is -0.922. The Morgan fingerprint density at radius 1 is 0.812 bits per heavy atom. The zero-order chi connectivity index (χ0) is 24.1. The molecule has 1 fully saturated rings. The second kappa shape index (κ2) is 14.8. The largest absolute Gasteiger partial charge is 0.463 e. The molecule has 1 rings (SSSR count). The molecule has 0 unspecified atom stereocenters. The average molecular weight is 460 g/mol. The number of ether oxygens (including phenoxy) is 5. The third-order valence-corrected chi connectivity index (χ3v) is 4.85. The van der Waals surface area contributed by atoms with Gasteiger partial charge in [0.25, 0.3) is 0 Å². The fourth-order valence-electron chi connectivity index (χ4n) is 3.52. The summed E-state index contributed by atoms with van der Waals surface area (Å²) in [5.74, 6) is -2.22. The van der Waals surface area contributed by atoms with Gasteiger partial charge in [0.05, 0.1) is 0 Å². The molecule has 1 heterocycles. The average Bonchev–Trinajstić information content (AvgIpc) is 2.68. The minimum absolute atomic E-state index is 0.241. The third kappa shape index (κ3) is 10.4. The van der Waals surface area contributed by atoms with Crippen LogP contribution in [0.4, 0.5) is 0 Å². The molecule has 10 heteroatoms. The van der Waals surface area contributed by atoms with Crippen LogP contribution in [0.15, 0.2) is 0 Å². The van der Waals surface area contributed by atoms with Gasteiger partial charge in [0.1, 0.15) is 18.8 Å². The Morgan fingerprint density at radius 2 is 1.41 bits per heavy atom. The molecule has 0 spiro atoms. The lowest BCUT2D eigenvalue weighted by molar-refractivity contribution is -0.277. The first kappa shape index (κ1) is 27.8. The Morgan fingerprint density at radius 3 is 1.97 bits per heavy atom. The normalized spacial score (nSPS) is 25.0. The number of esters is 3. The molecule has 1 amide bonds. The zero-order valence-electron chi connectivity index (χ0n) is 19.7. The predicted molar refractivity (Wildman–Crippen MR) is 113 cm³/mol. The summed E-state index contributed by atoms with van der Waals surface area (Å²) < 4.78 is 27.7. The highest BCUT2D eigenvalue weighted by molar-refractivity contribution is 5.73. The van der Waals surface area contributed by atoms with Crippen LogP contribution in [0.2, 0.25) is 0 Å². The molecule has 0 aromatic rings. The molecule has 32 heavy (non-hydrogen) atoms. The summed E-state index contributed by atoms with van der Waals surface area (Å²) in [6.45, 7) is 7.22. The summed E-state index contributed by atoms with van der Waals surface area (Å²) in [5.41, 5.74) is 0. The van der Waals surface area contributed by atoms with Gasteiger partial charge >= 0.3 is 17.9 Å². The smallest absolute Gasteiger partial charge is 0.303 e. The number of unbranched alkanes of at least 4 members (excludes halogenated alkanes) is 5. The summed E-state index contributed by atoms with van der Waals surface area (Å²) in [4.78, 5) is 46.7. The second-order valence-corrected chi connectivity index (χ2v) is 7.86. The third-order valence-electron chi connectivity index (χ3n) is 4.85. The molecule has 1 N–H and O–H groups in total. The monoisotopic (exact) mass is 459 g/mol. The van der Waals surface area contributed by atoms with Crippen LogP contribution in [0.1, 0.15) is 73.1 Å². The first-order valence-electron chi connectivity index (χ1n) is 11.2. The van der Waals surface area contributed by atoms with Gasteiger partial charge in [-0.25, -0.2) is 0 Å². The maximum Gasteiger partial charge on any atom is 0.303 e. The van der Waals surface area contributed by atoms with E-state index in [1.54, 1.807) is 0 Å². The van der Waals surface area contributed by atoms with Crippen molar-refractivity contribution < 1.29 is 42.9 Å². The fourth-order valence-corrected chi connectivity index (χ4v) is 3.52. The van der Waals surface area contributed by atoms with E-state index >= 15 is 0 Å². The van der Waals surface area contributed by atoms with Crippen molar-refractivity contribution in [3.63, 3.8) is 0 Å². The van der Waals surface area contributed by atoms with E-state index < -0.39 is 54.5 Å². The summed E-state index contributed by atoms with van der Waals surface area (Å²) in [7, 11) is 0. The van der Waals surface area contributed by atoms with E-state index in [0.29, 0.717) is 6.61 Å². The Bertz CT molecular complexity index is 625.